The standard InChI is InChI=1S/C13H19NO5S/c1-4-18-13(15)9-19-11-5-7-12(8-6-11)20(16,17)14-10(2)3/h5-8,10,14H,4,9H2,1-3H3. The second-order valence-electron chi connectivity index (χ2n) is 4.34. The van der Waals surface area contributed by atoms with E-state index in [1.165, 1.54) is 24.3 Å². The highest BCUT2D eigenvalue weighted by Gasteiger charge is 2.15. The number of esters is 1. The quantitative estimate of drug-likeness (QED) is 0.768. The molecule has 0 aliphatic rings. The van der Waals surface area contributed by atoms with Crippen LogP contribution < -0.4 is 9.46 Å². The summed E-state index contributed by atoms with van der Waals surface area (Å²) in [5, 5.41) is 0. The van der Waals surface area contributed by atoms with Gasteiger partial charge in [0, 0.05) is 6.04 Å². The fraction of sp³-hybridized carbons (Fsp3) is 0.462. The number of nitrogens with one attached hydrogen (secondary N) is 1. The maximum atomic E-state index is 11.9. The Morgan fingerprint density at radius 2 is 1.85 bits per heavy atom. The molecule has 0 aromatic heterocycles. The lowest BCUT2D eigenvalue weighted by molar-refractivity contribution is -0.145. The molecule has 0 fully saturated rings. The molecular weight excluding hydrogens is 282 g/mol. The highest BCUT2D eigenvalue weighted by molar-refractivity contribution is 7.89. The average molecular weight is 301 g/mol. The summed E-state index contributed by atoms with van der Waals surface area (Å²) in [4.78, 5) is 11.3. The molecule has 0 saturated heterocycles. The monoisotopic (exact) mass is 301 g/mol. The predicted molar refractivity (Wildman–Crippen MR) is 74.0 cm³/mol. The molecule has 0 aliphatic heterocycles. The van der Waals surface area contributed by atoms with Gasteiger partial charge in [0.25, 0.3) is 0 Å². The highest BCUT2D eigenvalue weighted by atomic mass is 32.2. The van der Waals surface area contributed by atoms with E-state index < -0.39 is 16.0 Å². The van der Waals surface area contributed by atoms with Crippen LogP contribution in [0, 0.1) is 0 Å². The van der Waals surface area contributed by atoms with Crippen molar-refractivity contribution in [1.82, 2.24) is 4.72 Å². The molecule has 0 aliphatic carbocycles. The Bertz CT molecular complexity index is 536. The molecule has 1 aromatic rings. The molecule has 112 valence electrons. The zero-order valence-electron chi connectivity index (χ0n) is 11.8. The van der Waals surface area contributed by atoms with E-state index in [0.717, 1.165) is 0 Å². The van der Waals surface area contributed by atoms with Gasteiger partial charge in [0.2, 0.25) is 10.0 Å². The van der Waals surface area contributed by atoms with E-state index in [4.69, 9.17) is 9.47 Å². The number of carbonyl (C=O) groups is 1. The van der Waals surface area contributed by atoms with Gasteiger partial charge in [0.05, 0.1) is 11.5 Å². The summed E-state index contributed by atoms with van der Waals surface area (Å²) in [5.41, 5.74) is 0. The van der Waals surface area contributed by atoms with Gasteiger partial charge in [-0.15, -0.1) is 0 Å². The Hall–Kier alpha value is -1.60. The van der Waals surface area contributed by atoms with Crippen LogP contribution in [0.1, 0.15) is 20.8 Å². The SMILES string of the molecule is CCOC(=O)COc1ccc(S(=O)(=O)NC(C)C)cc1. The Morgan fingerprint density at radius 1 is 1.25 bits per heavy atom. The van der Waals surface area contributed by atoms with E-state index >= 15 is 0 Å². The van der Waals surface area contributed by atoms with Crippen molar-refractivity contribution >= 4 is 16.0 Å². The smallest absolute Gasteiger partial charge is 0.344 e. The van der Waals surface area contributed by atoms with Crippen LogP contribution in [0.2, 0.25) is 0 Å². The van der Waals surface area contributed by atoms with E-state index in [2.05, 4.69) is 4.72 Å². The lowest BCUT2D eigenvalue weighted by Gasteiger charge is -2.10. The molecular formula is C13H19NO5S. The molecule has 0 saturated carbocycles. The summed E-state index contributed by atoms with van der Waals surface area (Å²) in [7, 11) is -3.51. The second kappa shape index (κ2) is 7.25. The minimum absolute atomic E-state index is 0.148. The van der Waals surface area contributed by atoms with E-state index in [1.54, 1.807) is 20.8 Å². The average Bonchev–Trinajstić information content (AvgIpc) is 2.36. The van der Waals surface area contributed by atoms with Gasteiger partial charge in [-0.25, -0.2) is 17.9 Å². The third-order valence-electron chi connectivity index (χ3n) is 2.19. The number of rotatable bonds is 7. The topological polar surface area (TPSA) is 81.7 Å². The minimum Gasteiger partial charge on any atom is -0.482 e. The third-order valence-corrected chi connectivity index (χ3v) is 3.86. The first-order chi connectivity index (χ1) is 9.35. The molecule has 6 nitrogen and oxygen atoms in total. The van der Waals surface area contributed by atoms with Gasteiger partial charge in [-0.3, -0.25) is 0 Å². The van der Waals surface area contributed by atoms with Crippen LogP contribution in [0.4, 0.5) is 0 Å². The Kier molecular flexibility index (Phi) is 5.97. The van der Waals surface area contributed by atoms with E-state index in [1.807, 2.05) is 0 Å². The summed E-state index contributed by atoms with van der Waals surface area (Å²) in [6.45, 7) is 5.28. The number of ether oxygens (including phenoxy) is 2. The van der Waals surface area contributed by atoms with Gasteiger partial charge < -0.3 is 9.47 Å². The number of carbonyl (C=O) groups excluding carboxylic acids is 1. The van der Waals surface area contributed by atoms with Crippen molar-refractivity contribution in [1.29, 1.82) is 0 Å². The van der Waals surface area contributed by atoms with Crippen LogP contribution in [-0.4, -0.2) is 33.6 Å². The number of hydrogen-bond acceptors (Lipinski definition) is 5. The first-order valence-corrected chi connectivity index (χ1v) is 7.74. The van der Waals surface area contributed by atoms with Crippen molar-refractivity contribution in [3.63, 3.8) is 0 Å². The van der Waals surface area contributed by atoms with Gasteiger partial charge in [-0.2, -0.15) is 0 Å². The van der Waals surface area contributed by atoms with Gasteiger partial charge in [0.15, 0.2) is 6.61 Å². The summed E-state index contributed by atoms with van der Waals surface area (Å²) in [6, 6.07) is 5.65. The summed E-state index contributed by atoms with van der Waals surface area (Å²) in [5.74, 6) is -0.0628. The molecule has 0 spiro atoms. The summed E-state index contributed by atoms with van der Waals surface area (Å²) < 4.78 is 36.1. The number of benzene rings is 1. The molecule has 0 amide bonds. The Labute approximate surface area is 119 Å². The lowest BCUT2D eigenvalue weighted by Crippen LogP contribution is -2.30. The second-order valence-corrected chi connectivity index (χ2v) is 6.06. The zero-order chi connectivity index (χ0) is 15.2. The van der Waals surface area contributed by atoms with E-state index in [0.29, 0.717) is 12.4 Å². The predicted octanol–water partition coefficient (Wildman–Crippen LogP) is 1.32. The minimum atomic E-state index is -3.51. The fourth-order valence-electron chi connectivity index (χ4n) is 1.44. The molecule has 1 aromatic carbocycles. The maximum absolute atomic E-state index is 11.9. The molecule has 0 heterocycles. The van der Waals surface area contributed by atoms with E-state index in [-0.39, 0.29) is 17.5 Å². The third kappa shape index (κ3) is 5.18. The van der Waals surface area contributed by atoms with Crippen LogP contribution in [-0.2, 0) is 19.6 Å². The van der Waals surface area contributed by atoms with Gasteiger partial charge in [-0.1, -0.05) is 0 Å². The van der Waals surface area contributed by atoms with Crippen LogP contribution in [0.5, 0.6) is 5.75 Å². The molecule has 0 unspecified atom stereocenters. The highest BCUT2D eigenvalue weighted by Crippen LogP contribution is 2.16. The molecule has 20 heavy (non-hydrogen) atoms. The largest absolute Gasteiger partial charge is 0.482 e. The molecule has 0 radical (unpaired) electrons. The van der Waals surface area contributed by atoms with E-state index in [9.17, 15) is 13.2 Å². The first kappa shape index (κ1) is 16.5. The van der Waals surface area contributed by atoms with Gasteiger partial charge in [-0.05, 0) is 45.0 Å². The van der Waals surface area contributed by atoms with Crippen molar-refractivity contribution < 1.29 is 22.7 Å². The Morgan fingerprint density at radius 3 is 2.35 bits per heavy atom. The van der Waals surface area contributed by atoms with Gasteiger partial charge >= 0.3 is 5.97 Å². The van der Waals surface area contributed by atoms with Gasteiger partial charge in [0.1, 0.15) is 5.75 Å². The van der Waals surface area contributed by atoms with Crippen molar-refractivity contribution in [3.8, 4) is 5.75 Å². The molecule has 1 rings (SSSR count). The zero-order valence-corrected chi connectivity index (χ0v) is 12.6. The van der Waals surface area contributed by atoms with Crippen LogP contribution >= 0.6 is 0 Å². The molecule has 0 bridgehead atoms. The summed E-state index contributed by atoms with van der Waals surface area (Å²) in [6.07, 6.45) is 0. The van der Waals surface area contributed by atoms with Crippen molar-refractivity contribution in [2.75, 3.05) is 13.2 Å². The molecule has 0 atom stereocenters. The van der Waals surface area contributed by atoms with Crippen molar-refractivity contribution in [3.05, 3.63) is 24.3 Å². The van der Waals surface area contributed by atoms with Crippen molar-refractivity contribution in [2.45, 2.75) is 31.7 Å². The molecule has 1 N–H and O–H groups in total. The lowest BCUT2D eigenvalue weighted by atomic mass is 10.3. The van der Waals surface area contributed by atoms with Crippen LogP contribution in [0.15, 0.2) is 29.2 Å². The van der Waals surface area contributed by atoms with Crippen LogP contribution in [0.25, 0.3) is 0 Å². The Balaban J connectivity index is 2.67. The first-order valence-electron chi connectivity index (χ1n) is 6.26. The summed E-state index contributed by atoms with van der Waals surface area (Å²) >= 11 is 0. The fourth-order valence-corrected chi connectivity index (χ4v) is 2.69. The molecule has 7 heteroatoms. The number of hydrogen-bond donors (Lipinski definition) is 1. The normalized spacial score (nSPS) is 11.4. The number of sulfonamides is 1. The maximum Gasteiger partial charge on any atom is 0.344 e. The van der Waals surface area contributed by atoms with Crippen LogP contribution in [0.3, 0.4) is 0 Å². The van der Waals surface area contributed by atoms with Crippen molar-refractivity contribution in [2.24, 2.45) is 0 Å².